The van der Waals surface area contributed by atoms with Crippen LogP contribution in [0.15, 0.2) is 34.9 Å². The standard InChI is InChI=1S/C16H19N3O2/c1-11-9-14(18-21-11)10-19(2)15(20)16(7-8-16)12-3-5-13(17)6-4-12/h3-6,9H,7-8,10,17H2,1-2H3. The molecule has 2 aromatic rings. The van der Waals surface area contributed by atoms with Gasteiger partial charge in [0, 0.05) is 18.8 Å². The highest BCUT2D eigenvalue weighted by atomic mass is 16.5. The van der Waals surface area contributed by atoms with Gasteiger partial charge in [-0.2, -0.15) is 0 Å². The van der Waals surface area contributed by atoms with E-state index in [1.54, 1.807) is 4.90 Å². The zero-order chi connectivity index (χ0) is 15.0. The smallest absolute Gasteiger partial charge is 0.233 e. The highest BCUT2D eigenvalue weighted by Gasteiger charge is 2.52. The molecule has 1 aliphatic rings. The first-order chi connectivity index (χ1) is 10.0. The molecule has 2 N–H and O–H groups in total. The van der Waals surface area contributed by atoms with E-state index in [0.29, 0.717) is 12.2 Å². The average molecular weight is 285 g/mol. The number of hydrogen-bond donors (Lipinski definition) is 1. The van der Waals surface area contributed by atoms with Crippen molar-refractivity contribution in [3.05, 3.63) is 47.3 Å². The predicted octanol–water partition coefficient (Wildman–Crippen LogP) is 2.26. The van der Waals surface area contributed by atoms with Crippen molar-refractivity contribution in [1.82, 2.24) is 10.1 Å². The van der Waals surface area contributed by atoms with Gasteiger partial charge in [-0.15, -0.1) is 0 Å². The van der Waals surface area contributed by atoms with Gasteiger partial charge in [0.15, 0.2) is 0 Å². The van der Waals surface area contributed by atoms with Gasteiger partial charge in [-0.1, -0.05) is 17.3 Å². The van der Waals surface area contributed by atoms with Crippen LogP contribution in [-0.2, 0) is 16.8 Å². The second-order valence-corrected chi connectivity index (χ2v) is 5.79. The highest BCUT2D eigenvalue weighted by molar-refractivity contribution is 5.91. The second-order valence-electron chi connectivity index (χ2n) is 5.79. The van der Waals surface area contributed by atoms with Crippen molar-refractivity contribution in [3.63, 3.8) is 0 Å². The maximum absolute atomic E-state index is 12.8. The lowest BCUT2D eigenvalue weighted by Crippen LogP contribution is -2.36. The fraction of sp³-hybridized carbons (Fsp3) is 0.375. The number of amides is 1. The number of hydrogen-bond acceptors (Lipinski definition) is 4. The SMILES string of the molecule is Cc1cc(CN(C)C(=O)C2(c3ccc(N)cc3)CC2)no1. The second kappa shape index (κ2) is 4.91. The minimum atomic E-state index is -0.374. The van der Waals surface area contributed by atoms with Gasteiger partial charge in [0.05, 0.1) is 12.0 Å². The number of nitrogens with zero attached hydrogens (tertiary/aromatic N) is 2. The number of likely N-dealkylation sites (N-methyl/N-ethyl adjacent to an activating group) is 1. The predicted molar refractivity (Wildman–Crippen MR) is 79.5 cm³/mol. The maximum Gasteiger partial charge on any atom is 0.233 e. The fourth-order valence-electron chi connectivity index (χ4n) is 2.73. The Labute approximate surface area is 123 Å². The summed E-state index contributed by atoms with van der Waals surface area (Å²) in [5.74, 6) is 0.887. The number of aryl methyl sites for hydroxylation is 1. The van der Waals surface area contributed by atoms with Gasteiger partial charge in [0.25, 0.3) is 0 Å². The lowest BCUT2D eigenvalue weighted by molar-refractivity contribution is -0.133. The highest BCUT2D eigenvalue weighted by Crippen LogP contribution is 2.49. The molecule has 0 bridgehead atoms. The molecule has 1 aromatic carbocycles. The summed E-state index contributed by atoms with van der Waals surface area (Å²) in [7, 11) is 1.81. The topological polar surface area (TPSA) is 72.4 Å². The molecule has 1 aromatic heterocycles. The monoisotopic (exact) mass is 285 g/mol. The van der Waals surface area contributed by atoms with E-state index < -0.39 is 0 Å². The normalized spacial score (nSPS) is 15.7. The van der Waals surface area contributed by atoms with Gasteiger partial charge >= 0.3 is 0 Å². The van der Waals surface area contributed by atoms with Crippen molar-refractivity contribution in [1.29, 1.82) is 0 Å². The molecule has 1 aliphatic carbocycles. The zero-order valence-electron chi connectivity index (χ0n) is 12.3. The summed E-state index contributed by atoms with van der Waals surface area (Å²) >= 11 is 0. The third kappa shape index (κ3) is 2.51. The summed E-state index contributed by atoms with van der Waals surface area (Å²) in [5, 5.41) is 3.94. The number of anilines is 1. The van der Waals surface area contributed by atoms with Gasteiger partial charge in [-0.3, -0.25) is 4.79 Å². The molecule has 3 rings (SSSR count). The van der Waals surface area contributed by atoms with E-state index in [9.17, 15) is 4.79 Å². The first-order valence-electron chi connectivity index (χ1n) is 7.05. The summed E-state index contributed by atoms with van der Waals surface area (Å²) in [6.45, 7) is 2.31. The Morgan fingerprint density at radius 3 is 2.57 bits per heavy atom. The molecule has 21 heavy (non-hydrogen) atoms. The van der Waals surface area contributed by atoms with Crippen LogP contribution in [0, 0.1) is 6.92 Å². The van der Waals surface area contributed by atoms with Gasteiger partial charge in [-0.25, -0.2) is 0 Å². The van der Waals surface area contributed by atoms with E-state index in [0.717, 1.165) is 29.9 Å². The minimum Gasteiger partial charge on any atom is -0.399 e. The molecule has 5 nitrogen and oxygen atoms in total. The molecular formula is C16H19N3O2. The first-order valence-corrected chi connectivity index (χ1v) is 7.05. The van der Waals surface area contributed by atoms with Gasteiger partial charge in [0.1, 0.15) is 11.5 Å². The van der Waals surface area contributed by atoms with Gasteiger partial charge < -0.3 is 15.2 Å². The lowest BCUT2D eigenvalue weighted by atomic mass is 9.94. The Kier molecular flexibility index (Phi) is 3.20. The van der Waals surface area contributed by atoms with Crippen LogP contribution in [0.25, 0.3) is 0 Å². The van der Waals surface area contributed by atoms with Crippen LogP contribution in [0.4, 0.5) is 5.69 Å². The summed E-state index contributed by atoms with van der Waals surface area (Å²) in [6, 6.07) is 9.46. The van der Waals surface area contributed by atoms with Gasteiger partial charge in [-0.05, 0) is 37.5 Å². The number of benzene rings is 1. The fourth-order valence-corrected chi connectivity index (χ4v) is 2.73. The van der Waals surface area contributed by atoms with E-state index in [1.165, 1.54) is 0 Å². The molecule has 0 aliphatic heterocycles. The Hall–Kier alpha value is -2.30. The van der Waals surface area contributed by atoms with E-state index in [2.05, 4.69) is 5.16 Å². The Morgan fingerprint density at radius 1 is 1.38 bits per heavy atom. The molecule has 0 spiro atoms. The van der Waals surface area contributed by atoms with Crippen LogP contribution in [-0.4, -0.2) is 23.0 Å². The molecule has 110 valence electrons. The van der Waals surface area contributed by atoms with Crippen molar-refractivity contribution >= 4 is 11.6 Å². The Morgan fingerprint density at radius 2 is 2.05 bits per heavy atom. The third-order valence-electron chi connectivity index (χ3n) is 4.05. The maximum atomic E-state index is 12.8. The van der Waals surface area contributed by atoms with Crippen molar-refractivity contribution in [2.75, 3.05) is 12.8 Å². The molecule has 0 unspecified atom stereocenters. The number of carbonyl (C=O) groups excluding carboxylic acids is 1. The molecule has 5 heteroatoms. The van der Waals surface area contributed by atoms with E-state index in [-0.39, 0.29) is 11.3 Å². The molecule has 0 saturated heterocycles. The number of carbonyl (C=O) groups is 1. The summed E-state index contributed by atoms with van der Waals surface area (Å²) < 4.78 is 5.04. The lowest BCUT2D eigenvalue weighted by Gasteiger charge is -2.23. The van der Waals surface area contributed by atoms with Crippen molar-refractivity contribution in [2.45, 2.75) is 31.7 Å². The molecule has 1 fully saturated rings. The average Bonchev–Trinajstić information content (AvgIpc) is 3.17. The van der Waals surface area contributed by atoms with Crippen LogP contribution in [0.2, 0.25) is 0 Å². The quantitative estimate of drug-likeness (QED) is 0.875. The van der Waals surface area contributed by atoms with Crippen LogP contribution < -0.4 is 5.73 Å². The number of nitrogens with two attached hydrogens (primary N) is 1. The van der Waals surface area contributed by atoms with Crippen molar-refractivity contribution in [3.8, 4) is 0 Å². The summed E-state index contributed by atoms with van der Waals surface area (Å²) in [6.07, 6.45) is 1.77. The van der Waals surface area contributed by atoms with E-state index >= 15 is 0 Å². The number of rotatable bonds is 4. The molecule has 1 saturated carbocycles. The van der Waals surface area contributed by atoms with Crippen LogP contribution in [0.3, 0.4) is 0 Å². The van der Waals surface area contributed by atoms with Crippen LogP contribution >= 0.6 is 0 Å². The Balaban J connectivity index is 1.76. The number of nitrogen functional groups attached to an aromatic ring is 1. The molecule has 1 heterocycles. The molecule has 0 atom stereocenters. The van der Waals surface area contributed by atoms with E-state index in [4.69, 9.17) is 10.3 Å². The minimum absolute atomic E-state index is 0.132. The van der Waals surface area contributed by atoms with Gasteiger partial charge in [0.2, 0.25) is 5.91 Å². The number of aromatic nitrogens is 1. The van der Waals surface area contributed by atoms with Crippen molar-refractivity contribution in [2.24, 2.45) is 0 Å². The summed E-state index contributed by atoms with van der Waals surface area (Å²) in [5.41, 5.74) is 7.88. The largest absolute Gasteiger partial charge is 0.399 e. The Bertz CT molecular complexity index is 656. The molecular weight excluding hydrogens is 266 g/mol. The first kappa shape index (κ1) is 13.7. The van der Waals surface area contributed by atoms with E-state index in [1.807, 2.05) is 44.3 Å². The molecule has 0 radical (unpaired) electrons. The zero-order valence-corrected chi connectivity index (χ0v) is 12.3. The molecule has 1 amide bonds. The third-order valence-corrected chi connectivity index (χ3v) is 4.05. The van der Waals surface area contributed by atoms with Crippen LogP contribution in [0.5, 0.6) is 0 Å². The summed E-state index contributed by atoms with van der Waals surface area (Å²) in [4.78, 5) is 14.5. The van der Waals surface area contributed by atoms with Crippen LogP contribution in [0.1, 0.15) is 29.9 Å². The van der Waals surface area contributed by atoms with Crippen molar-refractivity contribution < 1.29 is 9.32 Å².